The number of ether oxygens (including phenoxy) is 2. The topological polar surface area (TPSA) is 55.1 Å². The van der Waals surface area contributed by atoms with E-state index in [1.807, 2.05) is 45.0 Å². The summed E-state index contributed by atoms with van der Waals surface area (Å²) in [4.78, 5) is 4.43. The van der Waals surface area contributed by atoms with Crippen LogP contribution in [0, 0.1) is 32.1 Å². The summed E-state index contributed by atoms with van der Waals surface area (Å²) in [6.07, 6.45) is 0. The van der Waals surface area contributed by atoms with Crippen LogP contribution in [0.15, 0.2) is 24.3 Å². The Kier molecular flexibility index (Phi) is 4.44. The van der Waals surface area contributed by atoms with Crippen LogP contribution in [0.25, 0.3) is 0 Å². The minimum absolute atomic E-state index is 0.367. The number of rotatable bonds is 4. The highest BCUT2D eigenvalue weighted by Crippen LogP contribution is 2.25. The molecule has 1 aromatic heterocycles. The second-order valence-electron chi connectivity index (χ2n) is 4.98. The Morgan fingerprint density at radius 1 is 1.10 bits per heavy atom. The summed E-state index contributed by atoms with van der Waals surface area (Å²) >= 11 is 0. The zero-order valence-corrected chi connectivity index (χ0v) is 12.7. The molecule has 21 heavy (non-hydrogen) atoms. The van der Waals surface area contributed by atoms with Crippen LogP contribution in [0.3, 0.4) is 0 Å². The first kappa shape index (κ1) is 14.9. The first-order valence-corrected chi connectivity index (χ1v) is 6.69. The van der Waals surface area contributed by atoms with Crippen LogP contribution in [-0.4, -0.2) is 12.1 Å². The number of methoxy groups -OCH3 is 1. The van der Waals surface area contributed by atoms with Gasteiger partial charge in [-0.25, -0.2) is 0 Å². The van der Waals surface area contributed by atoms with Gasteiger partial charge in [0.15, 0.2) is 0 Å². The largest absolute Gasteiger partial charge is 0.497 e. The van der Waals surface area contributed by atoms with Crippen LogP contribution in [-0.2, 0) is 6.61 Å². The molecule has 0 fully saturated rings. The second kappa shape index (κ2) is 6.27. The highest BCUT2D eigenvalue weighted by atomic mass is 16.5. The zero-order chi connectivity index (χ0) is 15.4. The average Bonchev–Trinajstić information content (AvgIpc) is 2.45. The Labute approximate surface area is 125 Å². The smallest absolute Gasteiger partial charge is 0.130 e. The zero-order valence-electron chi connectivity index (χ0n) is 12.7. The van der Waals surface area contributed by atoms with Crippen molar-refractivity contribution < 1.29 is 9.47 Å². The number of nitriles is 1. The minimum Gasteiger partial charge on any atom is -0.497 e. The minimum atomic E-state index is 0.367. The lowest BCUT2D eigenvalue weighted by molar-refractivity contribution is 0.295. The maximum Gasteiger partial charge on any atom is 0.130 e. The molecule has 0 atom stereocenters. The van der Waals surface area contributed by atoms with Gasteiger partial charge in [0.05, 0.1) is 24.4 Å². The van der Waals surface area contributed by atoms with Crippen molar-refractivity contribution in [2.75, 3.05) is 7.11 Å². The number of hydrogen-bond acceptors (Lipinski definition) is 4. The maximum atomic E-state index is 8.96. The van der Waals surface area contributed by atoms with Crippen LogP contribution >= 0.6 is 0 Å². The van der Waals surface area contributed by atoms with E-state index in [9.17, 15) is 0 Å². The molecule has 0 aliphatic rings. The molecule has 0 radical (unpaired) electrons. The van der Waals surface area contributed by atoms with E-state index in [4.69, 9.17) is 14.7 Å². The Bertz CT molecular complexity index is 679. The highest BCUT2D eigenvalue weighted by Gasteiger charge is 2.08. The van der Waals surface area contributed by atoms with Crippen LogP contribution in [0.2, 0.25) is 0 Å². The van der Waals surface area contributed by atoms with Gasteiger partial charge >= 0.3 is 0 Å². The molecule has 0 aliphatic heterocycles. The van der Waals surface area contributed by atoms with E-state index in [2.05, 4.69) is 11.1 Å². The van der Waals surface area contributed by atoms with Gasteiger partial charge in [-0.15, -0.1) is 0 Å². The molecule has 0 bridgehead atoms. The van der Waals surface area contributed by atoms with E-state index >= 15 is 0 Å². The first-order valence-electron chi connectivity index (χ1n) is 6.69. The molecule has 0 saturated carbocycles. The second-order valence-corrected chi connectivity index (χ2v) is 4.98. The molecule has 1 heterocycles. The number of nitrogens with zero attached hydrogens (tertiary/aromatic N) is 2. The van der Waals surface area contributed by atoms with E-state index in [0.717, 1.165) is 34.0 Å². The van der Waals surface area contributed by atoms with Gasteiger partial charge in [0, 0.05) is 17.8 Å². The molecule has 4 heteroatoms. The third-order valence-electron chi connectivity index (χ3n) is 3.17. The van der Waals surface area contributed by atoms with Crippen molar-refractivity contribution in [3.63, 3.8) is 0 Å². The van der Waals surface area contributed by atoms with Crippen molar-refractivity contribution in [3.8, 4) is 17.6 Å². The number of benzene rings is 1. The first-order chi connectivity index (χ1) is 10.0. The molecule has 4 nitrogen and oxygen atoms in total. The monoisotopic (exact) mass is 282 g/mol. The molecule has 0 N–H and O–H groups in total. The predicted octanol–water partition coefficient (Wildman–Crippen LogP) is 3.47. The lowest BCUT2D eigenvalue weighted by Crippen LogP contribution is -2.03. The molecule has 0 saturated heterocycles. The molecular formula is C17H18N2O2. The summed E-state index contributed by atoms with van der Waals surface area (Å²) in [7, 11) is 1.63. The standard InChI is InChI=1S/C17H18N2O2/c1-11-5-14(9-18)6-12(2)17(11)21-10-15-8-16(20-4)7-13(3)19-15/h5-8H,10H2,1-4H3. The molecular weight excluding hydrogens is 264 g/mol. The van der Waals surface area contributed by atoms with Gasteiger partial charge in [-0.05, 0) is 44.0 Å². The Hall–Kier alpha value is -2.54. The molecule has 0 spiro atoms. The lowest BCUT2D eigenvalue weighted by atomic mass is 10.1. The van der Waals surface area contributed by atoms with Gasteiger partial charge in [-0.1, -0.05) is 0 Å². The third kappa shape index (κ3) is 3.51. The van der Waals surface area contributed by atoms with Crippen molar-refractivity contribution in [1.82, 2.24) is 4.98 Å². The van der Waals surface area contributed by atoms with Gasteiger partial charge in [0.1, 0.15) is 18.1 Å². The fourth-order valence-corrected chi connectivity index (χ4v) is 2.28. The normalized spacial score (nSPS) is 10.0. The SMILES string of the molecule is COc1cc(C)nc(COc2c(C)cc(C#N)cc2C)c1. The van der Waals surface area contributed by atoms with Crippen molar-refractivity contribution in [2.45, 2.75) is 27.4 Å². The van der Waals surface area contributed by atoms with Crippen molar-refractivity contribution in [3.05, 3.63) is 52.3 Å². The van der Waals surface area contributed by atoms with Gasteiger partial charge in [-0.2, -0.15) is 5.26 Å². The molecule has 2 rings (SSSR count). The van der Waals surface area contributed by atoms with Crippen LogP contribution in [0.1, 0.15) is 28.1 Å². The average molecular weight is 282 g/mol. The number of hydrogen-bond donors (Lipinski definition) is 0. The Balaban J connectivity index is 2.21. The number of aromatic nitrogens is 1. The van der Waals surface area contributed by atoms with E-state index in [0.29, 0.717) is 12.2 Å². The van der Waals surface area contributed by atoms with Crippen molar-refractivity contribution in [1.29, 1.82) is 5.26 Å². The summed E-state index contributed by atoms with van der Waals surface area (Å²) in [5.74, 6) is 1.57. The molecule has 2 aromatic rings. The molecule has 1 aromatic carbocycles. The lowest BCUT2D eigenvalue weighted by Gasteiger charge is -2.13. The number of pyridine rings is 1. The van der Waals surface area contributed by atoms with E-state index in [1.54, 1.807) is 7.11 Å². The molecule has 0 aliphatic carbocycles. The summed E-state index contributed by atoms with van der Waals surface area (Å²) < 4.78 is 11.1. The number of aryl methyl sites for hydroxylation is 3. The summed E-state index contributed by atoms with van der Waals surface area (Å²) in [5.41, 5.74) is 4.25. The third-order valence-corrected chi connectivity index (χ3v) is 3.17. The molecule has 108 valence electrons. The van der Waals surface area contributed by atoms with E-state index in [-0.39, 0.29) is 0 Å². The quantitative estimate of drug-likeness (QED) is 0.861. The molecule has 0 amide bonds. The Morgan fingerprint density at radius 2 is 1.76 bits per heavy atom. The van der Waals surface area contributed by atoms with Crippen LogP contribution < -0.4 is 9.47 Å². The van der Waals surface area contributed by atoms with Crippen LogP contribution in [0.5, 0.6) is 11.5 Å². The fraction of sp³-hybridized carbons (Fsp3) is 0.294. The van der Waals surface area contributed by atoms with Crippen molar-refractivity contribution in [2.24, 2.45) is 0 Å². The maximum absolute atomic E-state index is 8.96. The summed E-state index contributed by atoms with van der Waals surface area (Å²) in [6.45, 7) is 6.16. The van der Waals surface area contributed by atoms with Gasteiger partial charge in [0.2, 0.25) is 0 Å². The predicted molar refractivity (Wildman–Crippen MR) is 80.5 cm³/mol. The van der Waals surface area contributed by atoms with Crippen molar-refractivity contribution >= 4 is 0 Å². The van der Waals surface area contributed by atoms with Gasteiger partial charge in [-0.3, -0.25) is 4.98 Å². The summed E-state index contributed by atoms with van der Waals surface area (Å²) in [5, 5.41) is 8.96. The summed E-state index contributed by atoms with van der Waals surface area (Å²) in [6, 6.07) is 9.54. The molecule has 0 unspecified atom stereocenters. The van der Waals surface area contributed by atoms with Gasteiger partial charge < -0.3 is 9.47 Å². The van der Waals surface area contributed by atoms with E-state index < -0.39 is 0 Å². The van der Waals surface area contributed by atoms with E-state index in [1.165, 1.54) is 0 Å². The fourth-order valence-electron chi connectivity index (χ4n) is 2.28. The Morgan fingerprint density at radius 3 is 2.33 bits per heavy atom. The van der Waals surface area contributed by atoms with Crippen LogP contribution in [0.4, 0.5) is 0 Å². The van der Waals surface area contributed by atoms with Gasteiger partial charge in [0.25, 0.3) is 0 Å². The highest BCUT2D eigenvalue weighted by molar-refractivity contribution is 5.47.